The van der Waals surface area contributed by atoms with Gasteiger partial charge in [-0.15, -0.1) is 0 Å². The second-order valence-corrected chi connectivity index (χ2v) is 3.94. The van der Waals surface area contributed by atoms with Crippen molar-refractivity contribution in [2.75, 3.05) is 0 Å². The Bertz CT molecular complexity index is 529. The van der Waals surface area contributed by atoms with E-state index >= 15 is 0 Å². The maximum atomic E-state index is 13.0. The minimum atomic E-state index is -2.41. The number of carbonyl (C=O) groups excluding carboxylic acids is 1. The van der Waals surface area contributed by atoms with Crippen molar-refractivity contribution in [3.05, 3.63) is 29.1 Å². The first-order chi connectivity index (χ1) is 10.2. The lowest BCUT2D eigenvalue weighted by Crippen LogP contribution is -2.16. The molecule has 4 nitrogen and oxygen atoms in total. The van der Waals surface area contributed by atoms with Gasteiger partial charge in [-0.3, -0.25) is 9.59 Å². The van der Waals surface area contributed by atoms with Gasteiger partial charge in [0.05, 0.1) is 0 Å². The Morgan fingerprint density at radius 3 is 1.55 bits per heavy atom. The molecule has 0 spiro atoms. The standard InChI is InChI=1S/C9H3F5O4.C4H10/c10-4-5(11)7(13)9(8(14)6(4)12)18-3(17)1-2(15)16;1-3-4-2/h1H2,(H,15,16);3-4H2,1-2H3. The predicted molar refractivity (Wildman–Crippen MR) is 64.7 cm³/mol. The number of ether oxygens (including phenoxy) is 1. The van der Waals surface area contributed by atoms with E-state index in [0.29, 0.717) is 0 Å². The van der Waals surface area contributed by atoms with Gasteiger partial charge in [-0.1, -0.05) is 26.7 Å². The lowest BCUT2D eigenvalue weighted by molar-refractivity contribution is -0.146. The molecule has 124 valence electrons. The maximum absolute atomic E-state index is 13.0. The van der Waals surface area contributed by atoms with Crippen LogP contribution in [0.25, 0.3) is 0 Å². The normalized spacial score (nSPS) is 9.77. The fraction of sp³-hybridized carbons (Fsp3) is 0.385. The van der Waals surface area contributed by atoms with E-state index in [-0.39, 0.29) is 0 Å². The van der Waals surface area contributed by atoms with Gasteiger partial charge in [0.2, 0.25) is 34.8 Å². The van der Waals surface area contributed by atoms with Crippen molar-refractivity contribution < 1.29 is 41.4 Å². The van der Waals surface area contributed by atoms with Crippen molar-refractivity contribution in [2.45, 2.75) is 33.1 Å². The second kappa shape index (κ2) is 8.96. The summed E-state index contributed by atoms with van der Waals surface area (Å²) in [6.07, 6.45) is 1.35. The third-order valence-corrected chi connectivity index (χ3v) is 2.18. The Balaban J connectivity index is 0.000000980. The smallest absolute Gasteiger partial charge is 0.322 e. The molecule has 1 N–H and O–H groups in total. The highest BCUT2D eigenvalue weighted by Gasteiger charge is 2.28. The molecule has 0 aliphatic carbocycles. The average Bonchev–Trinajstić information content (AvgIpc) is 2.47. The van der Waals surface area contributed by atoms with Gasteiger partial charge in [0.15, 0.2) is 0 Å². The largest absolute Gasteiger partial charge is 0.481 e. The van der Waals surface area contributed by atoms with E-state index in [4.69, 9.17) is 5.11 Å². The molecule has 0 saturated heterocycles. The second-order valence-electron chi connectivity index (χ2n) is 3.94. The van der Waals surface area contributed by atoms with E-state index in [1.807, 2.05) is 0 Å². The SMILES string of the molecule is CCCC.O=C(O)CC(=O)Oc1c(F)c(F)c(F)c(F)c1F. The minimum absolute atomic E-state index is 1.29. The Kier molecular flexibility index (Phi) is 8.06. The van der Waals surface area contributed by atoms with E-state index in [1.54, 1.807) is 0 Å². The highest BCUT2D eigenvalue weighted by molar-refractivity contribution is 5.91. The van der Waals surface area contributed by atoms with Gasteiger partial charge in [-0.2, -0.15) is 8.78 Å². The van der Waals surface area contributed by atoms with Gasteiger partial charge >= 0.3 is 11.9 Å². The molecular formula is C13H13F5O4. The average molecular weight is 328 g/mol. The van der Waals surface area contributed by atoms with Gasteiger partial charge < -0.3 is 9.84 Å². The van der Waals surface area contributed by atoms with Crippen LogP contribution in [0, 0.1) is 29.1 Å². The summed E-state index contributed by atoms with van der Waals surface area (Å²) in [6.45, 7) is 4.36. The summed E-state index contributed by atoms with van der Waals surface area (Å²) in [5.74, 6) is -16.9. The summed E-state index contributed by atoms with van der Waals surface area (Å²) in [7, 11) is 0. The van der Waals surface area contributed by atoms with Crippen LogP contribution in [-0.4, -0.2) is 17.0 Å². The molecule has 9 heteroatoms. The van der Waals surface area contributed by atoms with Gasteiger partial charge in [-0.05, 0) is 0 Å². The maximum Gasteiger partial charge on any atom is 0.322 e. The van der Waals surface area contributed by atoms with Gasteiger partial charge in [0, 0.05) is 0 Å². The number of carboxylic acids is 1. The van der Waals surface area contributed by atoms with Crippen molar-refractivity contribution in [1.29, 1.82) is 0 Å². The van der Waals surface area contributed by atoms with Gasteiger partial charge in [0.1, 0.15) is 6.42 Å². The van der Waals surface area contributed by atoms with Gasteiger partial charge in [-0.25, -0.2) is 13.2 Å². The quantitative estimate of drug-likeness (QED) is 0.229. The molecule has 0 aliphatic heterocycles. The molecule has 0 aromatic heterocycles. The Hall–Kier alpha value is -2.19. The molecule has 1 aromatic carbocycles. The van der Waals surface area contributed by atoms with Crippen LogP contribution in [0.2, 0.25) is 0 Å². The Morgan fingerprint density at radius 2 is 1.23 bits per heavy atom. The molecule has 1 rings (SSSR count). The highest BCUT2D eigenvalue weighted by Crippen LogP contribution is 2.29. The van der Waals surface area contributed by atoms with Crippen molar-refractivity contribution in [2.24, 2.45) is 0 Å². The highest BCUT2D eigenvalue weighted by atomic mass is 19.2. The predicted octanol–water partition coefficient (Wildman–Crippen LogP) is 3.57. The minimum Gasteiger partial charge on any atom is -0.481 e. The number of rotatable bonds is 4. The Labute approximate surface area is 122 Å². The van der Waals surface area contributed by atoms with E-state index in [0.717, 1.165) is 0 Å². The van der Waals surface area contributed by atoms with Crippen molar-refractivity contribution in [3.63, 3.8) is 0 Å². The Morgan fingerprint density at radius 1 is 0.864 bits per heavy atom. The molecule has 22 heavy (non-hydrogen) atoms. The van der Waals surface area contributed by atoms with E-state index in [9.17, 15) is 31.5 Å². The fourth-order valence-electron chi connectivity index (χ4n) is 0.948. The topological polar surface area (TPSA) is 63.6 Å². The zero-order valence-corrected chi connectivity index (χ0v) is 11.7. The van der Waals surface area contributed by atoms with Crippen LogP contribution >= 0.6 is 0 Å². The number of carbonyl (C=O) groups is 2. The monoisotopic (exact) mass is 328 g/mol. The number of esters is 1. The summed E-state index contributed by atoms with van der Waals surface area (Å²) in [4.78, 5) is 20.8. The van der Waals surface area contributed by atoms with Crippen LogP contribution < -0.4 is 4.74 Å². The first-order valence-electron chi connectivity index (χ1n) is 6.11. The molecule has 0 saturated carbocycles. The summed E-state index contributed by atoms with van der Waals surface area (Å²) in [6, 6.07) is 0. The van der Waals surface area contributed by atoms with Gasteiger partial charge in [0.25, 0.3) is 0 Å². The molecular weight excluding hydrogens is 315 g/mol. The number of carboxylic acid groups (broad SMARTS) is 1. The summed E-state index contributed by atoms with van der Waals surface area (Å²) in [5.41, 5.74) is 0. The number of aliphatic carboxylic acids is 1. The molecule has 0 atom stereocenters. The number of hydrogen-bond acceptors (Lipinski definition) is 3. The molecule has 0 heterocycles. The first kappa shape index (κ1) is 19.8. The first-order valence-corrected chi connectivity index (χ1v) is 6.11. The molecule has 0 fully saturated rings. The van der Waals surface area contributed by atoms with Crippen LogP contribution in [0.3, 0.4) is 0 Å². The van der Waals surface area contributed by atoms with E-state index in [1.165, 1.54) is 12.8 Å². The summed E-state index contributed by atoms with van der Waals surface area (Å²) >= 11 is 0. The van der Waals surface area contributed by atoms with E-state index in [2.05, 4.69) is 18.6 Å². The molecule has 0 bridgehead atoms. The fourth-order valence-corrected chi connectivity index (χ4v) is 0.948. The van der Waals surface area contributed by atoms with E-state index < -0.39 is 53.2 Å². The third kappa shape index (κ3) is 5.30. The van der Waals surface area contributed by atoms with Crippen molar-refractivity contribution in [3.8, 4) is 5.75 Å². The number of unbranched alkanes of at least 4 members (excludes halogenated alkanes) is 1. The lowest BCUT2D eigenvalue weighted by Gasteiger charge is -2.07. The lowest BCUT2D eigenvalue weighted by atomic mass is 10.2. The van der Waals surface area contributed by atoms with Crippen LogP contribution in [-0.2, 0) is 9.59 Å². The van der Waals surface area contributed by atoms with Crippen LogP contribution in [0.1, 0.15) is 33.1 Å². The molecule has 0 amide bonds. The zero-order valence-electron chi connectivity index (χ0n) is 11.7. The number of halogens is 5. The molecule has 0 radical (unpaired) electrons. The number of hydrogen-bond donors (Lipinski definition) is 1. The van der Waals surface area contributed by atoms with Crippen LogP contribution in [0.15, 0.2) is 0 Å². The number of benzene rings is 1. The van der Waals surface area contributed by atoms with Crippen LogP contribution in [0.4, 0.5) is 22.0 Å². The van der Waals surface area contributed by atoms with Crippen molar-refractivity contribution >= 4 is 11.9 Å². The molecule has 1 aromatic rings. The molecule has 0 unspecified atom stereocenters. The summed E-state index contributed by atoms with van der Waals surface area (Å²) < 4.78 is 67.6. The third-order valence-electron chi connectivity index (χ3n) is 2.18. The van der Waals surface area contributed by atoms with Crippen molar-refractivity contribution in [1.82, 2.24) is 0 Å². The summed E-state index contributed by atoms with van der Waals surface area (Å²) in [5, 5.41) is 8.16. The van der Waals surface area contributed by atoms with Crippen LogP contribution in [0.5, 0.6) is 5.75 Å². The molecule has 0 aliphatic rings. The zero-order chi connectivity index (χ0) is 17.4.